The van der Waals surface area contributed by atoms with Crippen molar-refractivity contribution in [3.05, 3.63) is 28.0 Å². The van der Waals surface area contributed by atoms with E-state index in [-0.39, 0.29) is 11.9 Å². The molecule has 1 unspecified atom stereocenters. The Morgan fingerprint density at radius 2 is 2.20 bits per heavy atom. The fourth-order valence-electron chi connectivity index (χ4n) is 1.39. The van der Waals surface area contributed by atoms with Gasteiger partial charge in [-0.3, -0.25) is 0 Å². The lowest BCUT2D eigenvalue weighted by Crippen LogP contribution is -2.19. The van der Waals surface area contributed by atoms with Crippen LogP contribution in [0.25, 0.3) is 0 Å². The molecule has 0 aliphatic heterocycles. The molecule has 0 fully saturated rings. The van der Waals surface area contributed by atoms with Crippen molar-refractivity contribution in [2.45, 2.75) is 26.3 Å². The molecule has 0 saturated heterocycles. The first-order chi connectivity index (χ1) is 7.06. The van der Waals surface area contributed by atoms with E-state index in [1.54, 1.807) is 6.07 Å². The standard InChI is InChI=1S/C11H15BrFNO/c1-3-15-11-8(6-7(2)14)10(13)5-4-9(11)12/h4-5,7H,3,6,14H2,1-2H3. The Kier molecular flexibility index (Phi) is 4.54. The number of benzene rings is 1. The highest BCUT2D eigenvalue weighted by Gasteiger charge is 2.14. The third-order valence-corrected chi connectivity index (χ3v) is 2.59. The molecule has 0 aromatic heterocycles. The number of nitrogens with two attached hydrogens (primary N) is 1. The van der Waals surface area contributed by atoms with Crippen molar-refractivity contribution in [1.29, 1.82) is 0 Å². The SMILES string of the molecule is CCOc1c(Br)ccc(F)c1CC(C)N. The summed E-state index contributed by atoms with van der Waals surface area (Å²) < 4.78 is 19.7. The molecule has 0 spiro atoms. The molecule has 1 rings (SSSR count). The summed E-state index contributed by atoms with van der Waals surface area (Å²) in [5, 5.41) is 0. The summed E-state index contributed by atoms with van der Waals surface area (Å²) in [6, 6.07) is 2.97. The van der Waals surface area contributed by atoms with Crippen molar-refractivity contribution >= 4 is 15.9 Å². The molecule has 84 valence electrons. The minimum atomic E-state index is -0.265. The van der Waals surface area contributed by atoms with Gasteiger partial charge < -0.3 is 10.5 Å². The maximum Gasteiger partial charge on any atom is 0.139 e. The Morgan fingerprint density at radius 3 is 2.73 bits per heavy atom. The first kappa shape index (κ1) is 12.5. The van der Waals surface area contributed by atoms with E-state index in [0.717, 1.165) is 4.47 Å². The molecule has 1 atom stereocenters. The first-order valence-corrected chi connectivity index (χ1v) is 5.70. The second-order valence-electron chi connectivity index (χ2n) is 3.45. The van der Waals surface area contributed by atoms with Gasteiger partial charge in [0.25, 0.3) is 0 Å². The number of hydrogen-bond acceptors (Lipinski definition) is 2. The Bertz CT molecular complexity index is 342. The minimum Gasteiger partial charge on any atom is -0.492 e. The second kappa shape index (κ2) is 5.47. The van der Waals surface area contributed by atoms with Gasteiger partial charge in [0.1, 0.15) is 11.6 Å². The van der Waals surface area contributed by atoms with Crippen molar-refractivity contribution in [3.8, 4) is 5.75 Å². The van der Waals surface area contributed by atoms with Gasteiger partial charge in [0, 0.05) is 11.6 Å². The molecule has 2 nitrogen and oxygen atoms in total. The van der Waals surface area contributed by atoms with Crippen molar-refractivity contribution in [3.63, 3.8) is 0 Å². The van der Waals surface area contributed by atoms with Gasteiger partial charge >= 0.3 is 0 Å². The average molecular weight is 276 g/mol. The largest absolute Gasteiger partial charge is 0.492 e. The average Bonchev–Trinajstić information content (AvgIpc) is 2.17. The van der Waals surface area contributed by atoms with Gasteiger partial charge in [-0.2, -0.15) is 0 Å². The summed E-state index contributed by atoms with van der Waals surface area (Å²) in [4.78, 5) is 0. The fraction of sp³-hybridized carbons (Fsp3) is 0.455. The van der Waals surface area contributed by atoms with Crippen LogP contribution in [0.4, 0.5) is 4.39 Å². The van der Waals surface area contributed by atoms with E-state index < -0.39 is 0 Å². The van der Waals surface area contributed by atoms with E-state index in [0.29, 0.717) is 24.3 Å². The van der Waals surface area contributed by atoms with Gasteiger partial charge in [-0.05, 0) is 48.3 Å². The summed E-state index contributed by atoms with van der Waals surface area (Å²) >= 11 is 3.34. The molecule has 0 saturated carbocycles. The van der Waals surface area contributed by atoms with Crippen LogP contribution in [0.3, 0.4) is 0 Å². The predicted molar refractivity (Wildman–Crippen MR) is 62.6 cm³/mol. The topological polar surface area (TPSA) is 35.2 Å². The molecule has 1 aromatic carbocycles. The molecule has 0 aliphatic carbocycles. The summed E-state index contributed by atoms with van der Waals surface area (Å²) in [6.45, 7) is 4.22. The summed E-state index contributed by atoms with van der Waals surface area (Å²) in [6.07, 6.45) is 0.473. The van der Waals surface area contributed by atoms with Crippen LogP contribution in [0.15, 0.2) is 16.6 Å². The lowest BCUT2D eigenvalue weighted by molar-refractivity contribution is 0.330. The molecule has 0 bridgehead atoms. The van der Waals surface area contributed by atoms with Crippen molar-refractivity contribution in [2.24, 2.45) is 5.73 Å². The molecule has 1 aromatic rings. The zero-order valence-electron chi connectivity index (χ0n) is 8.89. The number of hydrogen-bond donors (Lipinski definition) is 1. The lowest BCUT2D eigenvalue weighted by Gasteiger charge is -2.14. The van der Waals surface area contributed by atoms with Crippen LogP contribution in [0, 0.1) is 5.82 Å². The highest BCUT2D eigenvalue weighted by atomic mass is 79.9. The van der Waals surface area contributed by atoms with Gasteiger partial charge in [0.2, 0.25) is 0 Å². The number of ether oxygens (including phenoxy) is 1. The molecule has 0 heterocycles. The summed E-state index contributed by atoms with van der Waals surface area (Å²) in [7, 11) is 0. The van der Waals surface area contributed by atoms with Gasteiger partial charge in [-0.15, -0.1) is 0 Å². The molecule has 0 aliphatic rings. The van der Waals surface area contributed by atoms with Crippen LogP contribution in [0.2, 0.25) is 0 Å². The quantitative estimate of drug-likeness (QED) is 0.917. The van der Waals surface area contributed by atoms with Crippen molar-refractivity contribution in [2.75, 3.05) is 6.61 Å². The van der Waals surface area contributed by atoms with Gasteiger partial charge in [-0.25, -0.2) is 4.39 Å². The monoisotopic (exact) mass is 275 g/mol. The van der Waals surface area contributed by atoms with E-state index in [2.05, 4.69) is 15.9 Å². The van der Waals surface area contributed by atoms with Crippen LogP contribution in [-0.2, 0) is 6.42 Å². The number of halogens is 2. The van der Waals surface area contributed by atoms with Crippen LogP contribution in [0.5, 0.6) is 5.75 Å². The summed E-state index contributed by atoms with van der Waals surface area (Å²) in [5.74, 6) is 0.300. The molecular formula is C11H15BrFNO. The van der Waals surface area contributed by atoms with Crippen molar-refractivity contribution in [1.82, 2.24) is 0 Å². The molecule has 15 heavy (non-hydrogen) atoms. The fourth-order valence-corrected chi connectivity index (χ4v) is 1.87. The van der Waals surface area contributed by atoms with Crippen LogP contribution in [-0.4, -0.2) is 12.6 Å². The van der Waals surface area contributed by atoms with E-state index in [9.17, 15) is 4.39 Å². The zero-order chi connectivity index (χ0) is 11.4. The second-order valence-corrected chi connectivity index (χ2v) is 4.31. The maximum atomic E-state index is 13.6. The molecule has 0 radical (unpaired) electrons. The lowest BCUT2D eigenvalue weighted by atomic mass is 10.1. The molecule has 0 amide bonds. The van der Waals surface area contributed by atoms with Gasteiger partial charge in [-0.1, -0.05) is 0 Å². The summed E-state index contributed by atoms with van der Waals surface area (Å²) in [5.41, 5.74) is 6.21. The minimum absolute atomic E-state index is 0.0898. The van der Waals surface area contributed by atoms with Gasteiger partial charge in [0.15, 0.2) is 0 Å². The van der Waals surface area contributed by atoms with Crippen molar-refractivity contribution < 1.29 is 9.13 Å². The third kappa shape index (κ3) is 3.18. The van der Waals surface area contributed by atoms with Crippen LogP contribution in [0.1, 0.15) is 19.4 Å². The normalized spacial score (nSPS) is 12.6. The van der Waals surface area contributed by atoms with Crippen LogP contribution < -0.4 is 10.5 Å². The molecular weight excluding hydrogens is 261 g/mol. The Balaban J connectivity index is 3.12. The smallest absolute Gasteiger partial charge is 0.139 e. The Hall–Kier alpha value is -0.610. The molecule has 2 N–H and O–H groups in total. The Labute approximate surface area is 97.7 Å². The zero-order valence-corrected chi connectivity index (χ0v) is 10.5. The van der Waals surface area contributed by atoms with E-state index in [4.69, 9.17) is 10.5 Å². The van der Waals surface area contributed by atoms with Gasteiger partial charge in [0.05, 0.1) is 11.1 Å². The third-order valence-electron chi connectivity index (χ3n) is 1.97. The van der Waals surface area contributed by atoms with E-state index in [1.165, 1.54) is 6.07 Å². The predicted octanol–water partition coefficient (Wildman–Crippen LogP) is 2.88. The first-order valence-electron chi connectivity index (χ1n) is 4.91. The van der Waals surface area contributed by atoms with E-state index >= 15 is 0 Å². The maximum absolute atomic E-state index is 13.6. The van der Waals surface area contributed by atoms with E-state index in [1.807, 2.05) is 13.8 Å². The molecule has 4 heteroatoms. The Morgan fingerprint density at radius 1 is 1.53 bits per heavy atom. The highest BCUT2D eigenvalue weighted by Crippen LogP contribution is 2.31. The van der Waals surface area contributed by atoms with Crippen LogP contribution >= 0.6 is 15.9 Å². The highest BCUT2D eigenvalue weighted by molar-refractivity contribution is 9.10. The number of rotatable bonds is 4.